The minimum Gasteiger partial charge on any atom is -0.497 e. The Hall–Kier alpha value is -2.21. The van der Waals surface area contributed by atoms with Gasteiger partial charge in [0.25, 0.3) is 5.56 Å². The van der Waals surface area contributed by atoms with E-state index in [0.29, 0.717) is 36.4 Å². The van der Waals surface area contributed by atoms with E-state index in [1.165, 1.54) is 6.07 Å². The van der Waals surface area contributed by atoms with Crippen molar-refractivity contribution in [1.82, 2.24) is 14.9 Å². The monoisotopic (exact) mass is 331 g/mol. The fourth-order valence-corrected chi connectivity index (χ4v) is 2.95. The molecule has 2 heterocycles. The van der Waals surface area contributed by atoms with Gasteiger partial charge in [-0.3, -0.25) is 9.69 Å². The highest BCUT2D eigenvalue weighted by Crippen LogP contribution is 2.22. The normalized spacial score (nSPS) is 14.7. The summed E-state index contributed by atoms with van der Waals surface area (Å²) in [5.74, 6) is 1.28. The first-order chi connectivity index (χ1) is 11.5. The second-order valence-electron chi connectivity index (χ2n) is 6.45. The van der Waals surface area contributed by atoms with Gasteiger partial charge in [0.05, 0.1) is 18.4 Å². The van der Waals surface area contributed by atoms with Gasteiger partial charge < -0.3 is 9.72 Å². The van der Waals surface area contributed by atoms with E-state index in [9.17, 15) is 9.18 Å². The summed E-state index contributed by atoms with van der Waals surface area (Å²) in [5, 5.41) is 0. The van der Waals surface area contributed by atoms with Crippen molar-refractivity contribution in [2.75, 3.05) is 13.7 Å². The van der Waals surface area contributed by atoms with Crippen LogP contribution in [0.5, 0.6) is 5.75 Å². The molecule has 1 aromatic heterocycles. The molecule has 1 aromatic carbocycles. The predicted octanol–water partition coefficient (Wildman–Crippen LogP) is 2.60. The Kier molecular flexibility index (Phi) is 4.66. The summed E-state index contributed by atoms with van der Waals surface area (Å²) in [4.78, 5) is 21.8. The quantitative estimate of drug-likeness (QED) is 0.935. The lowest BCUT2D eigenvalue weighted by Crippen LogP contribution is -2.36. The standard InChI is InChI=1S/C18H22FN3O2/c1-11(2)17-20-16-6-7-22(10-14(16)18(23)21-17)9-12-8-13(24-3)4-5-15(12)19/h4-5,8,11H,6-7,9-10H2,1-3H3,(H,20,21,23). The number of aromatic nitrogens is 2. The summed E-state index contributed by atoms with van der Waals surface area (Å²) >= 11 is 0. The Balaban J connectivity index is 1.82. The average Bonchev–Trinajstić information content (AvgIpc) is 2.57. The molecular weight excluding hydrogens is 309 g/mol. The van der Waals surface area contributed by atoms with E-state index >= 15 is 0 Å². The molecule has 0 unspecified atom stereocenters. The Bertz CT molecular complexity index is 801. The minimum absolute atomic E-state index is 0.0838. The Morgan fingerprint density at radius 2 is 2.21 bits per heavy atom. The molecule has 128 valence electrons. The summed E-state index contributed by atoms with van der Waals surface area (Å²) in [5.41, 5.74) is 2.04. The third-order valence-electron chi connectivity index (χ3n) is 4.36. The van der Waals surface area contributed by atoms with Crippen LogP contribution >= 0.6 is 0 Å². The molecule has 0 fully saturated rings. The summed E-state index contributed by atoms with van der Waals surface area (Å²) in [7, 11) is 1.56. The molecule has 2 aromatic rings. The van der Waals surface area contributed by atoms with Gasteiger partial charge >= 0.3 is 0 Å². The van der Waals surface area contributed by atoms with Gasteiger partial charge in [0.15, 0.2) is 0 Å². The molecule has 6 heteroatoms. The Morgan fingerprint density at radius 3 is 2.92 bits per heavy atom. The largest absolute Gasteiger partial charge is 0.497 e. The van der Waals surface area contributed by atoms with Crippen molar-refractivity contribution in [3.63, 3.8) is 0 Å². The van der Waals surface area contributed by atoms with Crippen molar-refractivity contribution >= 4 is 0 Å². The van der Waals surface area contributed by atoms with Crippen LogP contribution in [0, 0.1) is 5.82 Å². The van der Waals surface area contributed by atoms with E-state index in [1.54, 1.807) is 19.2 Å². The van der Waals surface area contributed by atoms with Crippen molar-refractivity contribution in [3.8, 4) is 5.75 Å². The smallest absolute Gasteiger partial charge is 0.255 e. The third-order valence-corrected chi connectivity index (χ3v) is 4.36. The van der Waals surface area contributed by atoms with Crippen LogP contribution in [0.2, 0.25) is 0 Å². The van der Waals surface area contributed by atoms with Crippen molar-refractivity contribution < 1.29 is 9.13 Å². The topological polar surface area (TPSA) is 58.2 Å². The van der Waals surface area contributed by atoms with Crippen LogP contribution in [0.3, 0.4) is 0 Å². The molecule has 0 atom stereocenters. The van der Waals surface area contributed by atoms with Gasteiger partial charge in [-0.15, -0.1) is 0 Å². The summed E-state index contributed by atoms with van der Waals surface area (Å²) in [6.07, 6.45) is 0.699. The highest BCUT2D eigenvalue weighted by atomic mass is 19.1. The highest BCUT2D eigenvalue weighted by Gasteiger charge is 2.22. The maximum Gasteiger partial charge on any atom is 0.255 e. The summed E-state index contributed by atoms with van der Waals surface area (Å²) in [6.45, 7) is 5.68. The second-order valence-corrected chi connectivity index (χ2v) is 6.45. The first-order valence-electron chi connectivity index (χ1n) is 8.14. The van der Waals surface area contributed by atoms with Crippen molar-refractivity contribution in [2.24, 2.45) is 0 Å². The lowest BCUT2D eigenvalue weighted by Gasteiger charge is -2.28. The van der Waals surface area contributed by atoms with Gasteiger partial charge in [-0.05, 0) is 18.2 Å². The molecule has 1 N–H and O–H groups in total. The van der Waals surface area contributed by atoms with Crippen LogP contribution in [0.15, 0.2) is 23.0 Å². The fraction of sp³-hybridized carbons (Fsp3) is 0.444. The van der Waals surface area contributed by atoms with E-state index in [1.807, 2.05) is 13.8 Å². The lowest BCUT2D eigenvalue weighted by molar-refractivity contribution is 0.237. The number of methoxy groups -OCH3 is 1. The van der Waals surface area contributed by atoms with Crippen molar-refractivity contribution in [1.29, 1.82) is 0 Å². The molecule has 5 nitrogen and oxygen atoms in total. The van der Waals surface area contributed by atoms with Gasteiger partial charge in [-0.2, -0.15) is 0 Å². The Labute approximate surface area is 140 Å². The zero-order valence-electron chi connectivity index (χ0n) is 14.2. The van der Waals surface area contributed by atoms with Gasteiger partial charge in [0.1, 0.15) is 17.4 Å². The molecule has 1 aliphatic rings. The average molecular weight is 331 g/mol. The first kappa shape index (κ1) is 16.6. The van der Waals surface area contributed by atoms with E-state index in [-0.39, 0.29) is 17.3 Å². The highest BCUT2D eigenvalue weighted by molar-refractivity contribution is 5.30. The molecule has 0 aliphatic carbocycles. The predicted molar refractivity (Wildman–Crippen MR) is 89.7 cm³/mol. The molecule has 0 saturated carbocycles. The number of aromatic amines is 1. The SMILES string of the molecule is COc1ccc(F)c(CN2CCc3nc(C(C)C)[nH]c(=O)c3C2)c1. The molecule has 0 saturated heterocycles. The number of ether oxygens (including phenoxy) is 1. The number of fused-ring (bicyclic) bond motifs is 1. The summed E-state index contributed by atoms with van der Waals surface area (Å²) in [6, 6.07) is 4.72. The number of nitrogens with zero attached hydrogens (tertiary/aromatic N) is 2. The number of halogens is 1. The molecule has 3 rings (SSSR count). The molecular formula is C18H22FN3O2. The number of hydrogen-bond donors (Lipinski definition) is 1. The number of H-pyrrole nitrogens is 1. The minimum atomic E-state index is -0.260. The lowest BCUT2D eigenvalue weighted by atomic mass is 10.0. The first-order valence-corrected chi connectivity index (χ1v) is 8.14. The van der Waals surface area contributed by atoms with Crippen molar-refractivity contribution in [2.45, 2.75) is 39.3 Å². The maximum atomic E-state index is 14.0. The maximum absolute atomic E-state index is 14.0. The van der Waals surface area contributed by atoms with Crippen LogP contribution in [0.1, 0.15) is 42.4 Å². The van der Waals surface area contributed by atoms with Crippen molar-refractivity contribution in [3.05, 3.63) is 57.0 Å². The van der Waals surface area contributed by atoms with E-state index < -0.39 is 0 Å². The number of rotatable bonds is 4. The molecule has 0 spiro atoms. The van der Waals surface area contributed by atoms with Crippen LogP contribution in [-0.4, -0.2) is 28.5 Å². The van der Waals surface area contributed by atoms with Crippen LogP contribution in [-0.2, 0) is 19.5 Å². The van der Waals surface area contributed by atoms with E-state index in [0.717, 1.165) is 18.1 Å². The molecule has 1 aliphatic heterocycles. The van der Waals surface area contributed by atoms with Gasteiger partial charge in [0.2, 0.25) is 0 Å². The number of hydrogen-bond acceptors (Lipinski definition) is 4. The second kappa shape index (κ2) is 6.73. The van der Waals surface area contributed by atoms with Crippen LogP contribution in [0.4, 0.5) is 4.39 Å². The molecule has 0 bridgehead atoms. The van der Waals surface area contributed by atoms with E-state index in [2.05, 4.69) is 14.9 Å². The number of benzene rings is 1. The van der Waals surface area contributed by atoms with Crippen LogP contribution in [0.25, 0.3) is 0 Å². The summed E-state index contributed by atoms with van der Waals surface area (Å²) < 4.78 is 19.2. The molecule has 24 heavy (non-hydrogen) atoms. The molecule has 0 amide bonds. The van der Waals surface area contributed by atoms with Gasteiger partial charge in [-0.1, -0.05) is 13.8 Å². The zero-order chi connectivity index (χ0) is 17.3. The molecule has 0 radical (unpaired) electrons. The Morgan fingerprint density at radius 1 is 1.42 bits per heavy atom. The van der Waals surface area contributed by atoms with Crippen LogP contribution < -0.4 is 10.3 Å². The third kappa shape index (κ3) is 3.33. The van der Waals surface area contributed by atoms with Gasteiger partial charge in [0, 0.05) is 37.5 Å². The van der Waals surface area contributed by atoms with Gasteiger partial charge in [-0.25, -0.2) is 9.37 Å². The zero-order valence-corrected chi connectivity index (χ0v) is 14.2. The number of nitrogens with one attached hydrogen (secondary N) is 1. The van der Waals surface area contributed by atoms with E-state index in [4.69, 9.17) is 4.74 Å². The fourth-order valence-electron chi connectivity index (χ4n) is 2.95.